The molecule has 2 aromatic carbocycles. The molecule has 0 aliphatic carbocycles. The summed E-state index contributed by atoms with van der Waals surface area (Å²) in [5, 5.41) is 0. The summed E-state index contributed by atoms with van der Waals surface area (Å²) in [6, 6.07) is 7.32. The SMILES string of the molecule is CC(=O)Oc1ccc(-c2c(Br)c(Br)c(Br)c(Br)c2Br)cc1. The third kappa shape index (κ3) is 3.80. The molecule has 21 heavy (non-hydrogen) atoms. The maximum absolute atomic E-state index is 10.9. The number of hydrogen-bond donors (Lipinski definition) is 0. The summed E-state index contributed by atoms with van der Waals surface area (Å²) < 4.78 is 9.63. The van der Waals surface area contributed by atoms with Crippen molar-refractivity contribution in [1.82, 2.24) is 0 Å². The van der Waals surface area contributed by atoms with Crippen LogP contribution in [0.5, 0.6) is 5.75 Å². The predicted molar refractivity (Wildman–Crippen MR) is 102 cm³/mol. The fraction of sp³-hybridized carbons (Fsp3) is 0.0714. The van der Waals surface area contributed by atoms with Crippen LogP contribution < -0.4 is 4.74 Å². The fourth-order valence-corrected chi connectivity index (χ4v) is 5.22. The van der Waals surface area contributed by atoms with Crippen molar-refractivity contribution >= 4 is 85.6 Å². The summed E-state index contributed by atoms with van der Waals surface area (Å²) >= 11 is 17.8. The van der Waals surface area contributed by atoms with Crippen LogP contribution in [0, 0.1) is 0 Å². The lowest BCUT2D eigenvalue weighted by Crippen LogP contribution is -2.00. The second-order valence-electron chi connectivity index (χ2n) is 4.06. The second kappa shape index (κ2) is 7.25. The molecular formula is C14H7Br5O2. The van der Waals surface area contributed by atoms with Gasteiger partial charge in [-0.3, -0.25) is 4.79 Å². The summed E-state index contributed by atoms with van der Waals surface area (Å²) in [6.07, 6.45) is 0. The van der Waals surface area contributed by atoms with Gasteiger partial charge in [-0.15, -0.1) is 0 Å². The lowest BCUT2D eigenvalue weighted by Gasteiger charge is -2.14. The van der Waals surface area contributed by atoms with Crippen LogP contribution in [0.4, 0.5) is 0 Å². The minimum atomic E-state index is -0.334. The van der Waals surface area contributed by atoms with E-state index < -0.39 is 0 Å². The highest BCUT2D eigenvalue weighted by molar-refractivity contribution is 9.15. The van der Waals surface area contributed by atoms with Crippen LogP contribution in [-0.4, -0.2) is 5.97 Å². The molecule has 0 aliphatic heterocycles. The van der Waals surface area contributed by atoms with Crippen molar-refractivity contribution < 1.29 is 9.53 Å². The van der Waals surface area contributed by atoms with Crippen LogP contribution in [0.3, 0.4) is 0 Å². The minimum Gasteiger partial charge on any atom is -0.427 e. The highest BCUT2D eigenvalue weighted by Crippen LogP contribution is 2.48. The van der Waals surface area contributed by atoms with E-state index in [0.717, 1.165) is 33.5 Å². The molecule has 2 rings (SSSR count). The molecule has 0 saturated carbocycles. The largest absolute Gasteiger partial charge is 0.427 e. The first-order valence-electron chi connectivity index (χ1n) is 5.63. The molecular weight excluding hydrogens is 600 g/mol. The third-order valence-corrected chi connectivity index (χ3v) is 8.71. The van der Waals surface area contributed by atoms with Gasteiger partial charge in [-0.2, -0.15) is 0 Å². The Bertz CT molecular complexity index is 681. The van der Waals surface area contributed by atoms with E-state index in [2.05, 4.69) is 79.6 Å². The van der Waals surface area contributed by atoms with Crippen LogP contribution in [0.2, 0.25) is 0 Å². The Hall–Kier alpha value is 0.310. The Morgan fingerprint density at radius 1 is 0.810 bits per heavy atom. The van der Waals surface area contributed by atoms with Crippen molar-refractivity contribution in [2.45, 2.75) is 6.92 Å². The summed E-state index contributed by atoms with van der Waals surface area (Å²) in [4.78, 5) is 10.9. The first-order chi connectivity index (χ1) is 9.82. The van der Waals surface area contributed by atoms with Gasteiger partial charge in [0.2, 0.25) is 0 Å². The first kappa shape index (κ1) is 17.7. The molecule has 2 nitrogen and oxygen atoms in total. The molecule has 0 aliphatic rings. The molecule has 0 heterocycles. The lowest BCUT2D eigenvalue weighted by molar-refractivity contribution is -0.131. The zero-order chi connectivity index (χ0) is 15.7. The van der Waals surface area contributed by atoms with Gasteiger partial charge in [-0.05, 0) is 97.3 Å². The normalized spacial score (nSPS) is 10.6. The number of carbonyl (C=O) groups excluding carboxylic acids is 1. The Morgan fingerprint density at radius 3 is 1.67 bits per heavy atom. The van der Waals surface area contributed by atoms with Crippen LogP contribution >= 0.6 is 79.6 Å². The van der Waals surface area contributed by atoms with Crippen molar-refractivity contribution in [3.8, 4) is 16.9 Å². The molecule has 0 aromatic heterocycles. The molecule has 0 bridgehead atoms. The summed E-state index contributed by atoms with van der Waals surface area (Å²) in [5.74, 6) is 0.188. The summed E-state index contributed by atoms with van der Waals surface area (Å²) in [6.45, 7) is 1.38. The molecule has 110 valence electrons. The monoisotopic (exact) mass is 602 g/mol. The highest BCUT2D eigenvalue weighted by Gasteiger charge is 2.18. The van der Waals surface area contributed by atoms with Gasteiger partial charge in [0.1, 0.15) is 5.75 Å². The Morgan fingerprint density at radius 2 is 1.24 bits per heavy atom. The van der Waals surface area contributed by atoms with Crippen molar-refractivity contribution in [3.63, 3.8) is 0 Å². The Balaban J connectivity index is 2.54. The average Bonchev–Trinajstić information content (AvgIpc) is 2.44. The smallest absolute Gasteiger partial charge is 0.308 e. The highest BCUT2D eigenvalue weighted by atomic mass is 79.9. The number of rotatable bonds is 2. The van der Waals surface area contributed by atoms with Gasteiger partial charge >= 0.3 is 5.97 Å². The first-order valence-corrected chi connectivity index (χ1v) is 9.59. The van der Waals surface area contributed by atoms with Gasteiger partial charge in [0.25, 0.3) is 0 Å². The average molecular weight is 607 g/mol. The molecule has 0 radical (unpaired) electrons. The topological polar surface area (TPSA) is 26.3 Å². The number of halogens is 5. The molecule has 0 amide bonds. The molecule has 0 unspecified atom stereocenters. The van der Waals surface area contributed by atoms with Crippen molar-refractivity contribution in [3.05, 3.63) is 46.6 Å². The predicted octanol–water partition coefficient (Wildman–Crippen LogP) is 7.09. The van der Waals surface area contributed by atoms with Crippen LogP contribution in [0.25, 0.3) is 11.1 Å². The maximum Gasteiger partial charge on any atom is 0.308 e. The number of esters is 1. The third-order valence-electron chi connectivity index (χ3n) is 2.61. The van der Waals surface area contributed by atoms with Gasteiger partial charge in [-0.25, -0.2) is 0 Å². The van der Waals surface area contributed by atoms with E-state index in [0.29, 0.717) is 5.75 Å². The van der Waals surface area contributed by atoms with E-state index in [1.165, 1.54) is 6.92 Å². The van der Waals surface area contributed by atoms with Gasteiger partial charge < -0.3 is 4.74 Å². The van der Waals surface area contributed by atoms with Gasteiger partial charge in [0, 0.05) is 34.9 Å². The van der Waals surface area contributed by atoms with Gasteiger partial charge in [0.05, 0.1) is 0 Å². The van der Waals surface area contributed by atoms with Crippen LogP contribution in [0.15, 0.2) is 46.6 Å². The quantitative estimate of drug-likeness (QED) is 0.158. The van der Waals surface area contributed by atoms with E-state index in [1.54, 1.807) is 12.1 Å². The summed E-state index contributed by atoms with van der Waals surface area (Å²) in [7, 11) is 0. The molecule has 7 heteroatoms. The van der Waals surface area contributed by atoms with Crippen molar-refractivity contribution in [2.75, 3.05) is 0 Å². The molecule has 0 spiro atoms. The van der Waals surface area contributed by atoms with E-state index >= 15 is 0 Å². The maximum atomic E-state index is 10.9. The molecule has 2 aromatic rings. The van der Waals surface area contributed by atoms with Crippen molar-refractivity contribution in [1.29, 1.82) is 0 Å². The van der Waals surface area contributed by atoms with Gasteiger partial charge in [0.15, 0.2) is 0 Å². The zero-order valence-electron chi connectivity index (χ0n) is 10.5. The van der Waals surface area contributed by atoms with Crippen LogP contribution in [-0.2, 0) is 4.79 Å². The standard InChI is InChI=1S/C14H7Br5O2/c1-6(20)21-8-4-2-7(3-5-8)9-10(15)12(17)14(19)13(18)11(9)16/h2-5H,1H3. The van der Waals surface area contributed by atoms with E-state index in [9.17, 15) is 4.79 Å². The fourth-order valence-electron chi connectivity index (χ4n) is 1.71. The second-order valence-corrected chi connectivity index (χ2v) is 8.03. The molecule has 0 saturated heterocycles. The number of benzene rings is 2. The van der Waals surface area contributed by atoms with E-state index in [4.69, 9.17) is 4.74 Å². The van der Waals surface area contributed by atoms with E-state index in [-0.39, 0.29) is 5.97 Å². The Labute approximate surface area is 164 Å². The zero-order valence-corrected chi connectivity index (χ0v) is 18.4. The molecule has 0 atom stereocenters. The lowest BCUT2D eigenvalue weighted by atomic mass is 10.1. The molecule has 0 N–H and O–H groups in total. The molecule has 0 fully saturated rings. The summed E-state index contributed by atoms with van der Waals surface area (Å²) in [5.41, 5.74) is 1.98. The number of hydrogen-bond acceptors (Lipinski definition) is 2. The number of carbonyl (C=O) groups is 1. The van der Waals surface area contributed by atoms with Crippen LogP contribution in [0.1, 0.15) is 6.92 Å². The van der Waals surface area contributed by atoms with E-state index in [1.807, 2.05) is 12.1 Å². The minimum absolute atomic E-state index is 0.334. The van der Waals surface area contributed by atoms with Gasteiger partial charge in [-0.1, -0.05) is 12.1 Å². The number of ether oxygens (including phenoxy) is 1. The van der Waals surface area contributed by atoms with Crippen molar-refractivity contribution in [2.24, 2.45) is 0 Å². The Kier molecular flexibility index (Phi) is 6.10.